The second-order valence-corrected chi connectivity index (χ2v) is 9.67. The van der Waals surface area contributed by atoms with Crippen LogP contribution >= 0.6 is 11.3 Å². The Bertz CT molecular complexity index is 1360. The highest BCUT2D eigenvalue weighted by molar-refractivity contribution is 7.20. The van der Waals surface area contributed by atoms with Gasteiger partial charge < -0.3 is 15.2 Å². The fraction of sp³-hybridized carbons (Fsp3) is 0.440. The van der Waals surface area contributed by atoms with E-state index < -0.39 is 0 Å². The molecule has 0 unspecified atom stereocenters. The molecule has 0 bridgehead atoms. The fourth-order valence-electron chi connectivity index (χ4n) is 4.63. The lowest BCUT2D eigenvalue weighted by Gasteiger charge is -2.25. The smallest absolute Gasteiger partial charge is 0.348 e. The van der Waals surface area contributed by atoms with Crippen LogP contribution in [0.3, 0.4) is 0 Å². The molecule has 1 saturated heterocycles. The summed E-state index contributed by atoms with van der Waals surface area (Å²) in [5.74, 6) is 1.65. The molecule has 0 aliphatic carbocycles. The maximum Gasteiger partial charge on any atom is 0.348 e. The number of carbonyl (C=O) groups is 1. The molecule has 4 aromatic rings. The number of fused-ring (bicyclic) bond motifs is 2. The van der Waals surface area contributed by atoms with E-state index in [2.05, 4.69) is 10.2 Å². The van der Waals surface area contributed by atoms with Gasteiger partial charge in [-0.15, -0.1) is 11.3 Å². The van der Waals surface area contributed by atoms with E-state index in [0.717, 1.165) is 45.7 Å². The number of ether oxygens (including phenoxy) is 1. The van der Waals surface area contributed by atoms with E-state index in [-0.39, 0.29) is 12.6 Å². The molecule has 0 saturated carbocycles. The molecule has 1 fully saturated rings. The Balaban J connectivity index is 1.73. The zero-order valence-corrected chi connectivity index (χ0v) is 20.9. The van der Waals surface area contributed by atoms with Crippen LogP contribution in [-0.2, 0) is 11.3 Å². The van der Waals surface area contributed by atoms with E-state index in [9.17, 15) is 9.90 Å². The number of imidazole rings is 1. The maximum atomic E-state index is 12.7. The lowest BCUT2D eigenvalue weighted by atomic mass is 10.1. The monoisotopic (exact) mass is 494 g/mol. The summed E-state index contributed by atoms with van der Waals surface area (Å²) in [4.78, 5) is 31.1. The van der Waals surface area contributed by atoms with Crippen molar-refractivity contribution in [2.75, 3.05) is 38.2 Å². The minimum atomic E-state index is -0.342. The third-order valence-electron chi connectivity index (χ3n) is 6.26. The number of nitrogens with zero attached hydrogens (tertiary/aromatic N) is 5. The van der Waals surface area contributed by atoms with E-state index in [1.807, 2.05) is 35.8 Å². The zero-order valence-electron chi connectivity index (χ0n) is 20.1. The van der Waals surface area contributed by atoms with Crippen LogP contribution in [0.2, 0.25) is 0 Å². The molecule has 1 aliphatic rings. The quantitative estimate of drug-likeness (QED) is 0.355. The van der Waals surface area contributed by atoms with E-state index in [1.54, 1.807) is 6.92 Å². The number of carbonyl (C=O) groups excluding carboxylic acids is 1. The average molecular weight is 495 g/mol. The number of esters is 1. The minimum absolute atomic E-state index is 0.0207. The molecule has 0 spiro atoms. The van der Waals surface area contributed by atoms with Crippen molar-refractivity contribution in [1.82, 2.24) is 24.4 Å². The fourth-order valence-corrected chi connectivity index (χ4v) is 5.72. The van der Waals surface area contributed by atoms with Crippen molar-refractivity contribution in [3.05, 3.63) is 40.5 Å². The summed E-state index contributed by atoms with van der Waals surface area (Å²) in [5, 5.41) is 13.5. The molecular weight excluding hydrogens is 464 g/mol. The first-order chi connectivity index (χ1) is 17.1. The molecule has 3 aromatic heterocycles. The van der Waals surface area contributed by atoms with Crippen LogP contribution in [0.1, 0.15) is 47.2 Å². The van der Waals surface area contributed by atoms with Gasteiger partial charge in [0, 0.05) is 6.54 Å². The number of nitrogens with one attached hydrogen (secondary N) is 1. The first kappa shape index (κ1) is 23.7. The highest BCUT2D eigenvalue weighted by atomic mass is 32.1. The Morgan fingerprint density at radius 1 is 1.17 bits per heavy atom. The molecular formula is C25H30N6O3S. The van der Waals surface area contributed by atoms with Gasteiger partial charge in [-0.05, 0) is 57.5 Å². The van der Waals surface area contributed by atoms with Crippen LogP contribution < -0.4 is 5.32 Å². The number of likely N-dealkylation sites (tertiary alicyclic amines) is 1. The first-order valence-corrected chi connectivity index (χ1v) is 12.9. The van der Waals surface area contributed by atoms with Gasteiger partial charge >= 0.3 is 5.97 Å². The number of aromatic nitrogens is 4. The van der Waals surface area contributed by atoms with Crippen LogP contribution in [0.15, 0.2) is 24.3 Å². The van der Waals surface area contributed by atoms with Gasteiger partial charge in [0.15, 0.2) is 5.82 Å². The molecule has 0 radical (unpaired) electrons. The Morgan fingerprint density at radius 2 is 1.97 bits per heavy atom. The third-order valence-corrected chi connectivity index (χ3v) is 7.43. The van der Waals surface area contributed by atoms with Crippen molar-refractivity contribution in [3.8, 4) is 5.82 Å². The number of benzene rings is 1. The number of piperidine rings is 1. The molecule has 2 N–H and O–H groups in total. The number of thiophene rings is 1. The number of hydrogen-bond donors (Lipinski definition) is 2. The van der Waals surface area contributed by atoms with E-state index in [0.29, 0.717) is 36.3 Å². The van der Waals surface area contributed by atoms with Crippen LogP contribution in [0.25, 0.3) is 27.1 Å². The molecule has 1 aliphatic heterocycles. The summed E-state index contributed by atoms with van der Waals surface area (Å²) in [5.41, 5.74) is 2.50. The van der Waals surface area contributed by atoms with Crippen LogP contribution in [-0.4, -0.2) is 68.3 Å². The largest absolute Gasteiger partial charge is 0.462 e. The number of anilines is 1. The Labute approximate surface area is 207 Å². The molecule has 9 nitrogen and oxygen atoms in total. The number of aryl methyl sites for hydroxylation is 1. The van der Waals surface area contributed by atoms with Crippen LogP contribution in [0, 0.1) is 6.92 Å². The maximum absolute atomic E-state index is 12.7. The Kier molecular flexibility index (Phi) is 6.94. The number of aliphatic hydroxyl groups is 1. The zero-order chi connectivity index (χ0) is 24.4. The summed E-state index contributed by atoms with van der Waals surface area (Å²) in [6.45, 7) is 7.09. The standard InChI is InChI=1S/C25H30N6O3S/c1-3-34-24(33)21-16(2)20-22(28-19(29-23(20)35-21)15-30-12-7-4-8-13-30)31-18-10-6-5-9-17(18)27-25(31)26-11-14-32/h5-6,9-10,32H,3-4,7-8,11-15H2,1-2H3,(H,26,27). The third kappa shape index (κ3) is 4.61. The number of rotatable bonds is 8. The van der Waals surface area contributed by atoms with E-state index >= 15 is 0 Å². The van der Waals surface area contributed by atoms with Crippen molar-refractivity contribution < 1.29 is 14.6 Å². The molecule has 35 heavy (non-hydrogen) atoms. The van der Waals surface area contributed by atoms with Gasteiger partial charge in [-0.1, -0.05) is 18.6 Å². The lowest BCUT2D eigenvalue weighted by Crippen LogP contribution is -2.30. The second-order valence-electron chi connectivity index (χ2n) is 8.67. The van der Waals surface area contributed by atoms with Gasteiger partial charge in [0.25, 0.3) is 0 Å². The van der Waals surface area contributed by atoms with Gasteiger partial charge in [-0.3, -0.25) is 9.47 Å². The Hall–Kier alpha value is -3.08. The minimum Gasteiger partial charge on any atom is -0.462 e. The van der Waals surface area contributed by atoms with Crippen molar-refractivity contribution in [1.29, 1.82) is 0 Å². The first-order valence-electron chi connectivity index (χ1n) is 12.1. The topological polar surface area (TPSA) is 105 Å². The molecule has 184 valence electrons. The normalized spacial score (nSPS) is 14.6. The van der Waals surface area contributed by atoms with Gasteiger partial charge in [0.2, 0.25) is 5.95 Å². The van der Waals surface area contributed by atoms with Crippen molar-refractivity contribution in [3.63, 3.8) is 0 Å². The SMILES string of the molecule is CCOC(=O)c1sc2nc(CN3CCCCC3)nc(-n3c(NCCO)nc4ccccc43)c2c1C. The van der Waals surface area contributed by atoms with Crippen molar-refractivity contribution in [2.45, 2.75) is 39.7 Å². The molecule has 0 atom stereocenters. The van der Waals surface area contributed by atoms with Gasteiger partial charge in [0.1, 0.15) is 15.5 Å². The molecule has 0 amide bonds. The molecule has 10 heteroatoms. The molecule has 4 heterocycles. The van der Waals surface area contributed by atoms with Crippen LogP contribution in [0.5, 0.6) is 0 Å². The summed E-state index contributed by atoms with van der Waals surface area (Å²) < 4.78 is 7.30. The summed E-state index contributed by atoms with van der Waals surface area (Å²) >= 11 is 1.35. The summed E-state index contributed by atoms with van der Waals surface area (Å²) in [7, 11) is 0. The van der Waals surface area contributed by atoms with Gasteiger partial charge in [0.05, 0.1) is 36.2 Å². The van der Waals surface area contributed by atoms with Crippen LogP contribution in [0.4, 0.5) is 5.95 Å². The van der Waals surface area contributed by atoms with E-state index in [4.69, 9.17) is 19.7 Å². The molecule has 5 rings (SSSR count). The molecule has 1 aromatic carbocycles. The number of hydrogen-bond acceptors (Lipinski definition) is 9. The lowest BCUT2D eigenvalue weighted by molar-refractivity contribution is 0.0531. The predicted octanol–water partition coefficient (Wildman–Crippen LogP) is 3.91. The Morgan fingerprint density at radius 3 is 2.74 bits per heavy atom. The van der Waals surface area contributed by atoms with Crippen molar-refractivity contribution >= 4 is 44.5 Å². The predicted molar refractivity (Wildman–Crippen MR) is 137 cm³/mol. The van der Waals surface area contributed by atoms with E-state index in [1.165, 1.54) is 30.6 Å². The van der Waals surface area contributed by atoms with Crippen molar-refractivity contribution in [2.24, 2.45) is 0 Å². The summed E-state index contributed by atoms with van der Waals surface area (Å²) in [6, 6.07) is 7.86. The number of para-hydroxylation sites is 2. The second kappa shape index (κ2) is 10.3. The highest BCUT2D eigenvalue weighted by Crippen LogP contribution is 2.36. The highest BCUT2D eigenvalue weighted by Gasteiger charge is 2.25. The van der Waals surface area contributed by atoms with Gasteiger partial charge in [-0.25, -0.2) is 19.7 Å². The van der Waals surface area contributed by atoms with Gasteiger partial charge in [-0.2, -0.15) is 0 Å². The number of aliphatic hydroxyl groups excluding tert-OH is 1. The summed E-state index contributed by atoms with van der Waals surface area (Å²) in [6.07, 6.45) is 3.62. The average Bonchev–Trinajstić information content (AvgIpc) is 3.40.